The van der Waals surface area contributed by atoms with E-state index in [1.54, 1.807) is 33.9 Å². The highest BCUT2D eigenvalue weighted by molar-refractivity contribution is 5.89. The Kier molecular flexibility index (Phi) is 4.27. The molecule has 0 fully saturated rings. The normalized spacial score (nSPS) is 11.4. The van der Waals surface area contributed by atoms with Gasteiger partial charge in [0.2, 0.25) is 0 Å². The summed E-state index contributed by atoms with van der Waals surface area (Å²) in [5.74, 6) is 1.39. The van der Waals surface area contributed by atoms with Crippen molar-refractivity contribution in [2.75, 3.05) is 11.9 Å². The molecule has 4 heterocycles. The zero-order chi connectivity index (χ0) is 20.7. The Morgan fingerprint density at radius 3 is 2.80 bits per heavy atom. The first kappa shape index (κ1) is 18.0. The van der Waals surface area contributed by atoms with E-state index in [1.165, 1.54) is 4.40 Å². The van der Waals surface area contributed by atoms with Gasteiger partial charge in [0.25, 0.3) is 0 Å². The van der Waals surface area contributed by atoms with E-state index in [4.69, 9.17) is 9.97 Å². The topological polar surface area (TPSA) is 86.1 Å². The summed E-state index contributed by atoms with van der Waals surface area (Å²) in [6.45, 7) is 0.931. The number of anilines is 1. The highest BCUT2D eigenvalue weighted by atomic mass is 16.1. The van der Waals surface area contributed by atoms with Crippen molar-refractivity contribution in [3.8, 4) is 0 Å². The summed E-state index contributed by atoms with van der Waals surface area (Å²) >= 11 is 0. The van der Waals surface area contributed by atoms with E-state index in [0.29, 0.717) is 18.0 Å². The van der Waals surface area contributed by atoms with Crippen molar-refractivity contribution in [2.24, 2.45) is 7.05 Å². The van der Waals surface area contributed by atoms with Gasteiger partial charge >= 0.3 is 5.69 Å². The lowest BCUT2D eigenvalue weighted by Crippen LogP contribution is -2.27. The summed E-state index contributed by atoms with van der Waals surface area (Å²) in [5.41, 5.74) is 2.37. The molecule has 0 radical (unpaired) electrons. The quantitative estimate of drug-likeness (QED) is 0.448. The minimum atomic E-state index is -0.174. The first-order chi connectivity index (χ1) is 14.6. The molecular formula is C21H20N8O. The molecule has 0 N–H and O–H groups in total. The van der Waals surface area contributed by atoms with Gasteiger partial charge in [0, 0.05) is 56.4 Å². The van der Waals surface area contributed by atoms with Crippen LogP contribution in [0.3, 0.4) is 0 Å². The molecule has 0 aliphatic heterocycles. The summed E-state index contributed by atoms with van der Waals surface area (Å²) in [7, 11) is 3.89. The second-order valence-electron chi connectivity index (χ2n) is 7.24. The number of hydrogen-bond acceptors (Lipinski definition) is 6. The molecule has 0 atom stereocenters. The highest BCUT2D eigenvalue weighted by Gasteiger charge is 2.14. The summed E-state index contributed by atoms with van der Waals surface area (Å²) in [4.78, 5) is 28.5. The molecule has 5 rings (SSSR count). The smallest absolute Gasteiger partial charge is 0.334 e. The van der Waals surface area contributed by atoms with Crippen LogP contribution in [-0.2, 0) is 20.1 Å². The molecule has 0 spiro atoms. The molecule has 9 nitrogen and oxygen atoms in total. The molecule has 4 aromatic heterocycles. The van der Waals surface area contributed by atoms with Crippen LogP contribution in [0.4, 0.5) is 5.82 Å². The third-order valence-electron chi connectivity index (χ3n) is 5.01. The number of benzene rings is 1. The third kappa shape index (κ3) is 3.20. The van der Waals surface area contributed by atoms with Gasteiger partial charge in [-0.2, -0.15) is 5.10 Å². The van der Waals surface area contributed by atoms with Crippen LogP contribution in [-0.4, -0.2) is 40.7 Å². The van der Waals surface area contributed by atoms with E-state index in [-0.39, 0.29) is 12.2 Å². The van der Waals surface area contributed by atoms with Gasteiger partial charge in [0.05, 0.1) is 18.3 Å². The van der Waals surface area contributed by atoms with Gasteiger partial charge in [-0.15, -0.1) is 0 Å². The number of rotatable bonds is 5. The Morgan fingerprint density at radius 1 is 1.10 bits per heavy atom. The fraction of sp³-hybridized carbons (Fsp3) is 0.190. The number of nitrogens with zero attached hydrogens (tertiary/aromatic N) is 8. The zero-order valence-corrected chi connectivity index (χ0v) is 16.7. The fourth-order valence-corrected chi connectivity index (χ4v) is 3.60. The number of hydrogen-bond donors (Lipinski definition) is 0. The van der Waals surface area contributed by atoms with Crippen LogP contribution in [0, 0.1) is 0 Å². The van der Waals surface area contributed by atoms with Crippen molar-refractivity contribution >= 4 is 22.4 Å². The maximum Gasteiger partial charge on any atom is 0.334 e. The fourth-order valence-electron chi connectivity index (χ4n) is 3.60. The number of aromatic nitrogens is 7. The van der Waals surface area contributed by atoms with Gasteiger partial charge in [-0.05, 0) is 18.2 Å². The Hall–Kier alpha value is -4.01. The lowest BCUT2D eigenvalue weighted by Gasteiger charge is -2.20. The minimum absolute atomic E-state index is 0.174. The van der Waals surface area contributed by atoms with Crippen LogP contribution in [0.1, 0.15) is 11.4 Å². The van der Waals surface area contributed by atoms with Gasteiger partial charge in [-0.25, -0.2) is 19.7 Å². The molecule has 0 unspecified atom stereocenters. The van der Waals surface area contributed by atoms with Crippen molar-refractivity contribution in [1.29, 1.82) is 0 Å². The number of para-hydroxylation sites is 1. The molecule has 0 saturated heterocycles. The largest absolute Gasteiger partial charge is 0.355 e. The lowest BCUT2D eigenvalue weighted by molar-refractivity contribution is 0.682. The molecule has 9 heteroatoms. The van der Waals surface area contributed by atoms with Crippen molar-refractivity contribution in [2.45, 2.75) is 13.1 Å². The van der Waals surface area contributed by atoms with Crippen LogP contribution in [0.5, 0.6) is 0 Å². The second-order valence-corrected chi connectivity index (χ2v) is 7.24. The van der Waals surface area contributed by atoms with Crippen molar-refractivity contribution in [3.63, 3.8) is 0 Å². The predicted octanol–water partition coefficient (Wildman–Crippen LogP) is 1.86. The van der Waals surface area contributed by atoms with E-state index in [0.717, 1.165) is 22.3 Å². The Morgan fingerprint density at radius 2 is 1.97 bits per heavy atom. The van der Waals surface area contributed by atoms with Gasteiger partial charge in [0.1, 0.15) is 11.5 Å². The molecule has 0 aliphatic carbocycles. The van der Waals surface area contributed by atoms with Crippen LogP contribution in [0.15, 0.2) is 66.1 Å². The van der Waals surface area contributed by atoms with E-state index in [2.05, 4.69) is 15.0 Å². The molecule has 0 amide bonds. The van der Waals surface area contributed by atoms with E-state index in [1.807, 2.05) is 50.8 Å². The molecule has 150 valence electrons. The van der Waals surface area contributed by atoms with Crippen LogP contribution >= 0.6 is 0 Å². The first-order valence-electron chi connectivity index (χ1n) is 9.55. The third-order valence-corrected chi connectivity index (χ3v) is 5.01. The average molecular weight is 400 g/mol. The molecule has 0 saturated carbocycles. The SMILES string of the molecule is CN(Cc1cnn(C)c1)c1nc(Cn2ccc3nccn3c2=O)nc2ccccc12. The molecule has 0 aliphatic rings. The van der Waals surface area contributed by atoms with Crippen LogP contribution in [0.2, 0.25) is 0 Å². The Bertz CT molecular complexity index is 1410. The lowest BCUT2D eigenvalue weighted by atomic mass is 10.2. The van der Waals surface area contributed by atoms with Crippen LogP contribution in [0.25, 0.3) is 16.6 Å². The number of aryl methyl sites for hydroxylation is 1. The van der Waals surface area contributed by atoms with Gasteiger partial charge in [-0.3, -0.25) is 13.6 Å². The first-order valence-corrected chi connectivity index (χ1v) is 9.55. The molecule has 1 aromatic carbocycles. The standard InChI is InChI=1S/C21H20N8O/c1-26(12-15-11-23-27(2)13-15)20-16-5-3-4-6-17(16)24-18(25-20)14-28-9-7-19-22-8-10-29(19)21(28)30/h3-11,13H,12,14H2,1-2H3. The molecule has 5 aromatic rings. The molecule has 0 bridgehead atoms. The molecule has 30 heavy (non-hydrogen) atoms. The van der Waals surface area contributed by atoms with Crippen LogP contribution < -0.4 is 10.6 Å². The number of fused-ring (bicyclic) bond motifs is 2. The zero-order valence-electron chi connectivity index (χ0n) is 16.7. The Balaban J connectivity index is 1.55. The summed E-state index contributed by atoms with van der Waals surface area (Å²) < 4.78 is 4.88. The van der Waals surface area contributed by atoms with Crippen molar-refractivity contribution in [1.82, 2.24) is 33.7 Å². The summed E-state index contributed by atoms with van der Waals surface area (Å²) in [5, 5.41) is 5.20. The van der Waals surface area contributed by atoms with E-state index in [9.17, 15) is 4.79 Å². The maximum absolute atomic E-state index is 12.7. The van der Waals surface area contributed by atoms with E-state index < -0.39 is 0 Å². The molecular weight excluding hydrogens is 380 g/mol. The minimum Gasteiger partial charge on any atom is -0.355 e. The Labute approximate surface area is 171 Å². The highest BCUT2D eigenvalue weighted by Crippen LogP contribution is 2.24. The van der Waals surface area contributed by atoms with Gasteiger partial charge in [-0.1, -0.05) is 12.1 Å². The monoisotopic (exact) mass is 400 g/mol. The predicted molar refractivity (Wildman–Crippen MR) is 113 cm³/mol. The summed E-state index contributed by atoms with van der Waals surface area (Å²) in [6.07, 6.45) is 8.82. The average Bonchev–Trinajstić information content (AvgIpc) is 3.38. The number of imidazole rings is 1. The maximum atomic E-state index is 12.7. The summed E-state index contributed by atoms with van der Waals surface area (Å²) in [6, 6.07) is 9.71. The van der Waals surface area contributed by atoms with E-state index >= 15 is 0 Å². The van der Waals surface area contributed by atoms with Crippen molar-refractivity contribution < 1.29 is 0 Å². The van der Waals surface area contributed by atoms with Gasteiger partial charge < -0.3 is 4.90 Å². The van der Waals surface area contributed by atoms with Crippen molar-refractivity contribution in [3.05, 3.63) is 83.2 Å². The van der Waals surface area contributed by atoms with Gasteiger partial charge in [0.15, 0.2) is 5.82 Å². The second kappa shape index (κ2) is 7.11.